The van der Waals surface area contributed by atoms with E-state index in [0.29, 0.717) is 36.9 Å². The molecule has 3 rings (SSSR count). The molecule has 0 saturated carbocycles. The van der Waals surface area contributed by atoms with Gasteiger partial charge in [-0.05, 0) is 18.2 Å². The first-order chi connectivity index (χ1) is 14.0. The minimum absolute atomic E-state index is 0.0207. The van der Waals surface area contributed by atoms with Crippen molar-refractivity contribution in [1.29, 1.82) is 5.26 Å². The SMILES string of the molecule is COCC1CN(c2cccc(OCc3ccc(C#N)cc3F)n2)CCN1C(=O)O. The van der Waals surface area contributed by atoms with Crippen molar-refractivity contribution in [3.63, 3.8) is 0 Å². The molecule has 0 spiro atoms. The number of nitrogens with zero attached hydrogens (tertiary/aromatic N) is 4. The fourth-order valence-corrected chi connectivity index (χ4v) is 3.20. The molecule has 1 fully saturated rings. The molecular formula is C20H21FN4O4. The van der Waals surface area contributed by atoms with Crippen LogP contribution in [0.2, 0.25) is 0 Å². The summed E-state index contributed by atoms with van der Waals surface area (Å²) in [4.78, 5) is 19.2. The number of rotatable bonds is 6. The number of carboxylic acid groups (broad SMARTS) is 1. The fourth-order valence-electron chi connectivity index (χ4n) is 3.20. The molecule has 29 heavy (non-hydrogen) atoms. The molecule has 0 radical (unpaired) electrons. The molecule has 152 valence electrons. The lowest BCUT2D eigenvalue weighted by molar-refractivity contribution is 0.0735. The largest absolute Gasteiger partial charge is 0.473 e. The van der Waals surface area contributed by atoms with E-state index in [1.807, 2.05) is 17.0 Å². The zero-order valence-corrected chi connectivity index (χ0v) is 15.9. The first-order valence-electron chi connectivity index (χ1n) is 9.03. The second-order valence-corrected chi connectivity index (χ2v) is 6.57. The molecule has 1 aliphatic heterocycles. The lowest BCUT2D eigenvalue weighted by Crippen LogP contribution is -2.56. The monoisotopic (exact) mass is 400 g/mol. The summed E-state index contributed by atoms with van der Waals surface area (Å²) >= 11 is 0. The summed E-state index contributed by atoms with van der Waals surface area (Å²) in [6, 6.07) is 11.1. The van der Waals surface area contributed by atoms with Crippen molar-refractivity contribution in [1.82, 2.24) is 9.88 Å². The maximum atomic E-state index is 14.0. The molecule has 1 aromatic heterocycles. The molecule has 1 aliphatic rings. The van der Waals surface area contributed by atoms with Crippen LogP contribution in [-0.2, 0) is 11.3 Å². The summed E-state index contributed by atoms with van der Waals surface area (Å²) in [5.41, 5.74) is 0.573. The molecule has 0 bridgehead atoms. The Hall–Kier alpha value is -3.38. The Kier molecular flexibility index (Phi) is 6.46. The summed E-state index contributed by atoms with van der Waals surface area (Å²) < 4.78 is 24.8. The molecule has 1 unspecified atom stereocenters. The normalized spacial score (nSPS) is 16.4. The molecule has 8 nitrogen and oxygen atoms in total. The number of halogens is 1. The van der Waals surface area contributed by atoms with Crippen molar-refractivity contribution >= 4 is 11.9 Å². The Bertz CT molecular complexity index is 918. The summed E-state index contributed by atoms with van der Waals surface area (Å²) in [5.74, 6) is 0.469. The van der Waals surface area contributed by atoms with Gasteiger partial charge in [0.1, 0.15) is 18.2 Å². The van der Waals surface area contributed by atoms with Crippen LogP contribution in [0.5, 0.6) is 5.88 Å². The minimum atomic E-state index is -0.971. The molecule has 1 atom stereocenters. The van der Waals surface area contributed by atoms with Crippen LogP contribution in [0.25, 0.3) is 0 Å². The Morgan fingerprint density at radius 2 is 2.21 bits per heavy atom. The highest BCUT2D eigenvalue weighted by atomic mass is 19.1. The van der Waals surface area contributed by atoms with Crippen molar-refractivity contribution in [3.8, 4) is 11.9 Å². The van der Waals surface area contributed by atoms with Crippen LogP contribution in [0.3, 0.4) is 0 Å². The average molecular weight is 400 g/mol. The van der Waals surface area contributed by atoms with Crippen LogP contribution in [0.4, 0.5) is 15.0 Å². The molecule has 1 aromatic carbocycles. The molecule has 2 aromatic rings. The molecule has 9 heteroatoms. The zero-order valence-electron chi connectivity index (χ0n) is 15.9. The fraction of sp³-hybridized carbons (Fsp3) is 0.350. The number of benzene rings is 1. The van der Waals surface area contributed by atoms with Gasteiger partial charge in [-0.25, -0.2) is 9.18 Å². The number of hydrogen-bond acceptors (Lipinski definition) is 6. The Balaban J connectivity index is 1.68. The van der Waals surface area contributed by atoms with Crippen LogP contribution < -0.4 is 9.64 Å². The number of aromatic nitrogens is 1. The lowest BCUT2D eigenvalue weighted by Gasteiger charge is -2.40. The molecular weight excluding hydrogens is 379 g/mol. The molecule has 1 N–H and O–H groups in total. The third-order valence-electron chi connectivity index (χ3n) is 4.68. The van der Waals surface area contributed by atoms with Gasteiger partial charge in [0.25, 0.3) is 0 Å². The molecule has 0 aliphatic carbocycles. The number of hydrogen-bond donors (Lipinski definition) is 1. The van der Waals surface area contributed by atoms with E-state index in [0.717, 1.165) is 0 Å². The number of anilines is 1. The number of nitriles is 1. The zero-order chi connectivity index (χ0) is 20.8. The van der Waals surface area contributed by atoms with Gasteiger partial charge >= 0.3 is 6.09 Å². The number of carbonyl (C=O) groups is 1. The van der Waals surface area contributed by atoms with Gasteiger partial charge in [-0.2, -0.15) is 10.2 Å². The van der Waals surface area contributed by atoms with Crippen molar-refractivity contribution in [2.45, 2.75) is 12.6 Å². The van der Waals surface area contributed by atoms with E-state index in [4.69, 9.17) is 14.7 Å². The number of methoxy groups -OCH3 is 1. The number of amides is 1. The Labute approximate surface area is 167 Å². The number of pyridine rings is 1. The summed E-state index contributed by atoms with van der Waals surface area (Å²) in [6.45, 7) is 1.55. The first-order valence-corrected chi connectivity index (χ1v) is 9.03. The van der Waals surface area contributed by atoms with Gasteiger partial charge in [-0.3, -0.25) is 4.90 Å². The van der Waals surface area contributed by atoms with Crippen molar-refractivity contribution in [3.05, 3.63) is 53.3 Å². The second-order valence-electron chi connectivity index (χ2n) is 6.57. The standard InChI is InChI=1S/C20H21FN4O4/c1-28-13-16-11-24(7-8-25(16)20(26)27)18-3-2-4-19(23-18)29-12-15-6-5-14(10-22)9-17(15)21/h2-6,9,16H,7-8,11-13H2,1H3,(H,26,27). The minimum Gasteiger partial charge on any atom is -0.473 e. The quantitative estimate of drug-likeness (QED) is 0.795. The maximum Gasteiger partial charge on any atom is 0.407 e. The lowest BCUT2D eigenvalue weighted by atomic mass is 10.1. The summed E-state index contributed by atoms with van der Waals surface area (Å²) in [7, 11) is 1.54. The van der Waals surface area contributed by atoms with E-state index in [-0.39, 0.29) is 24.8 Å². The van der Waals surface area contributed by atoms with E-state index < -0.39 is 11.9 Å². The van der Waals surface area contributed by atoms with E-state index in [2.05, 4.69) is 4.98 Å². The van der Waals surface area contributed by atoms with Gasteiger partial charge in [0.15, 0.2) is 0 Å². The van der Waals surface area contributed by atoms with Crippen molar-refractivity contribution in [2.24, 2.45) is 0 Å². The molecule has 2 heterocycles. The highest BCUT2D eigenvalue weighted by Gasteiger charge is 2.31. The van der Waals surface area contributed by atoms with E-state index in [1.165, 1.54) is 30.2 Å². The molecule has 1 saturated heterocycles. The van der Waals surface area contributed by atoms with Gasteiger partial charge in [0, 0.05) is 38.4 Å². The first kappa shape index (κ1) is 20.4. The number of ether oxygens (including phenoxy) is 2. The average Bonchev–Trinajstić information content (AvgIpc) is 2.73. The van der Waals surface area contributed by atoms with Crippen LogP contribution >= 0.6 is 0 Å². The van der Waals surface area contributed by atoms with Gasteiger partial charge < -0.3 is 19.5 Å². The summed E-state index contributed by atoms with van der Waals surface area (Å²) in [5, 5.41) is 18.1. The predicted molar refractivity (Wildman–Crippen MR) is 102 cm³/mol. The van der Waals surface area contributed by atoms with Crippen LogP contribution in [-0.4, -0.2) is 60.5 Å². The van der Waals surface area contributed by atoms with Crippen LogP contribution in [0, 0.1) is 17.1 Å². The third-order valence-corrected chi connectivity index (χ3v) is 4.68. The topological polar surface area (TPSA) is 98.9 Å². The van der Waals surface area contributed by atoms with Gasteiger partial charge in [-0.15, -0.1) is 0 Å². The second kappa shape index (κ2) is 9.21. The van der Waals surface area contributed by atoms with E-state index in [9.17, 15) is 14.3 Å². The van der Waals surface area contributed by atoms with Crippen LogP contribution in [0.15, 0.2) is 36.4 Å². The highest BCUT2D eigenvalue weighted by Crippen LogP contribution is 2.21. The van der Waals surface area contributed by atoms with Crippen molar-refractivity contribution < 1.29 is 23.8 Å². The Morgan fingerprint density at radius 1 is 1.38 bits per heavy atom. The van der Waals surface area contributed by atoms with Gasteiger partial charge in [0.05, 0.1) is 24.3 Å². The predicted octanol–water partition coefficient (Wildman–Crippen LogP) is 2.49. The number of piperazine rings is 1. The molecule has 1 amide bonds. The maximum absolute atomic E-state index is 14.0. The van der Waals surface area contributed by atoms with Crippen molar-refractivity contribution in [2.75, 3.05) is 38.3 Å². The van der Waals surface area contributed by atoms with Crippen LogP contribution in [0.1, 0.15) is 11.1 Å². The third kappa shape index (κ3) is 4.92. The highest BCUT2D eigenvalue weighted by molar-refractivity contribution is 5.66. The van der Waals surface area contributed by atoms with Gasteiger partial charge in [0.2, 0.25) is 5.88 Å². The van der Waals surface area contributed by atoms with E-state index >= 15 is 0 Å². The van der Waals surface area contributed by atoms with E-state index in [1.54, 1.807) is 12.1 Å². The Morgan fingerprint density at radius 3 is 2.90 bits per heavy atom. The van der Waals surface area contributed by atoms with Gasteiger partial charge in [-0.1, -0.05) is 12.1 Å². The smallest absolute Gasteiger partial charge is 0.407 e. The summed E-state index contributed by atoms with van der Waals surface area (Å²) in [6.07, 6.45) is -0.971.